The van der Waals surface area contributed by atoms with Gasteiger partial charge in [-0.05, 0) is 62.5 Å². The van der Waals surface area contributed by atoms with E-state index >= 15 is 0 Å². The first-order valence-corrected chi connectivity index (χ1v) is 11.6. The van der Waals surface area contributed by atoms with Gasteiger partial charge in [-0.3, -0.25) is 0 Å². The van der Waals surface area contributed by atoms with Gasteiger partial charge in [0.05, 0.1) is 26.0 Å². The zero-order chi connectivity index (χ0) is 24.0. The number of rotatable bonds is 8. The largest absolute Gasteiger partial charge is 0.490 e. The molecule has 1 aromatic heterocycles. The molecule has 3 rings (SSSR count). The smallest absolute Gasteiger partial charge is 0.341 e. The molecule has 0 N–H and O–H groups in total. The SMILES string of the molecule is CCOc1ccc(-c2nc(-c3ccc(OC(=S)N(C)C)c(C(=O)OC)c3)cs2)cc1OCC. The summed E-state index contributed by atoms with van der Waals surface area (Å²) in [7, 11) is 4.86. The molecule has 0 fully saturated rings. The van der Waals surface area contributed by atoms with Crippen LogP contribution in [0.25, 0.3) is 21.8 Å². The quantitative estimate of drug-likeness (QED) is 0.314. The van der Waals surface area contributed by atoms with E-state index < -0.39 is 5.97 Å². The Hall–Kier alpha value is -3.17. The molecule has 0 aliphatic heterocycles. The predicted octanol–water partition coefficient (Wildman–Crippen LogP) is 5.29. The van der Waals surface area contributed by atoms with Crippen LogP contribution < -0.4 is 14.2 Å². The molecule has 1 heterocycles. The first kappa shape index (κ1) is 24.5. The van der Waals surface area contributed by atoms with Crippen LogP contribution in [0.3, 0.4) is 0 Å². The van der Waals surface area contributed by atoms with Crippen molar-refractivity contribution in [2.75, 3.05) is 34.4 Å². The highest BCUT2D eigenvalue weighted by Gasteiger charge is 2.18. The summed E-state index contributed by atoms with van der Waals surface area (Å²) in [5, 5.41) is 3.00. The van der Waals surface area contributed by atoms with E-state index in [0.717, 1.165) is 21.8 Å². The van der Waals surface area contributed by atoms with E-state index in [4.69, 9.17) is 36.1 Å². The third-order valence-electron chi connectivity index (χ3n) is 4.54. The average Bonchev–Trinajstić information content (AvgIpc) is 3.30. The van der Waals surface area contributed by atoms with Crippen LogP contribution in [0.4, 0.5) is 0 Å². The van der Waals surface area contributed by atoms with Gasteiger partial charge in [-0.1, -0.05) is 0 Å². The Bertz CT molecular complexity index is 1140. The summed E-state index contributed by atoms with van der Waals surface area (Å²) in [5.41, 5.74) is 2.68. The van der Waals surface area contributed by atoms with Crippen LogP contribution in [-0.2, 0) is 4.74 Å². The van der Waals surface area contributed by atoms with Crippen LogP contribution in [-0.4, -0.2) is 55.4 Å². The molecule has 2 aromatic carbocycles. The lowest BCUT2D eigenvalue weighted by Gasteiger charge is -2.16. The molecular formula is C24H26N2O5S2. The number of thiocarbonyl (C=S) groups is 1. The van der Waals surface area contributed by atoms with E-state index in [2.05, 4.69) is 0 Å². The summed E-state index contributed by atoms with van der Waals surface area (Å²) < 4.78 is 22.0. The monoisotopic (exact) mass is 486 g/mol. The fraction of sp³-hybridized carbons (Fsp3) is 0.292. The second-order valence-electron chi connectivity index (χ2n) is 7.03. The summed E-state index contributed by atoms with van der Waals surface area (Å²) in [6.45, 7) is 4.96. The number of nitrogens with zero attached hydrogens (tertiary/aromatic N) is 2. The van der Waals surface area contributed by atoms with Crippen molar-refractivity contribution < 1.29 is 23.7 Å². The predicted molar refractivity (Wildman–Crippen MR) is 134 cm³/mol. The molecule has 7 nitrogen and oxygen atoms in total. The van der Waals surface area contributed by atoms with Crippen molar-refractivity contribution in [3.8, 4) is 39.1 Å². The normalized spacial score (nSPS) is 10.5. The summed E-state index contributed by atoms with van der Waals surface area (Å²) >= 11 is 6.70. The number of ether oxygens (including phenoxy) is 4. The van der Waals surface area contributed by atoms with Crippen molar-refractivity contribution >= 4 is 34.7 Å². The number of methoxy groups -OCH3 is 1. The van der Waals surface area contributed by atoms with Crippen LogP contribution in [0.5, 0.6) is 17.2 Å². The molecule has 0 saturated heterocycles. The fourth-order valence-electron chi connectivity index (χ4n) is 2.96. The van der Waals surface area contributed by atoms with Gasteiger partial charge < -0.3 is 23.8 Å². The molecule has 0 saturated carbocycles. The Morgan fingerprint density at radius 2 is 1.67 bits per heavy atom. The lowest BCUT2D eigenvalue weighted by molar-refractivity contribution is 0.0598. The molecular weight excluding hydrogens is 460 g/mol. The summed E-state index contributed by atoms with van der Waals surface area (Å²) in [6, 6.07) is 11.0. The van der Waals surface area contributed by atoms with Crippen LogP contribution in [0.15, 0.2) is 41.8 Å². The molecule has 174 valence electrons. The molecule has 0 atom stereocenters. The fourth-order valence-corrected chi connectivity index (χ4v) is 3.87. The van der Waals surface area contributed by atoms with Crippen LogP contribution in [0.1, 0.15) is 24.2 Å². The standard InChI is InChI=1S/C24H26N2O5S2/c1-6-29-20-11-9-16(13-21(20)30-7-2)22-25-18(14-33-22)15-8-10-19(31-24(32)26(3)4)17(12-15)23(27)28-5/h8-14H,6-7H2,1-5H3. The second-order valence-corrected chi connectivity index (χ2v) is 8.24. The number of carbonyl (C=O) groups is 1. The zero-order valence-electron chi connectivity index (χ0n) is 19.2. The van der Waals surface area contributed by atoms with Gasteiger partial charge in [-0.25, -0.2) is 9.78 Å². The van der Waals surface area contributed by atoms with Crippen LogP contribution in [0, 0.1) is 0 Å². The van der Waals surface area contributed by atoms with Crippen molar-refractivity contribution in [1.82, 2.24) is 9.88 Å². The van der Waals surface area contributed by atoms with E-state index in [9.17, 15) is 4.79 Å². The van der Waals surface area contributed by atoms with Gasteiger partial charge in [0, 0.05) is 30.6 Å². The number of benzene rings is 2. The Labute approximate surface area is 202 Å². The van der Waals surface area contributed by atoms with Gasteiger partial charge >= 0.3 is 5.97 Å². The third-order valence-corrected chi connectivity index (χ3v) is 5.88. The molecule has 0 unspecified atom stereocenters. The van der Waals surface area contributed by atoms with Crippen molar-refractivity contribution in [2.45, 2.75) is 13.8 Å². The lowest BCUT2D eigenvalue weighted by atomic mass is 10.1. The summed E-state index contributed by atoms with van der Waals surface area (Å²) in [6.07, 6.45) is 0. The topological polar surface area (TPSA) is 70.1 Å². The molecule has 0 radical (unpaired) electrons. The molecule has 3 aromatic rings. The Morgan fingerprint density at radius 3 is 2.33 bits per heavy atom. The number of thiazole rings is 1. The van der Waals surface area contributed by atoms with E-state index in [0.29, 0.717) is 30.5 Å². The molecule has 0 aliphatic rings. The molecule has 0 aliphatic carbocycles. The number of aromatic nitrogens is 1. The number of carbonyl (C=O) groups excluding carboxylic acids is 1. The highest BCUT2D eigenvalue weighted by molar-refractivity contribution is 7.80. The van der Waals surface area contributed by atoms with Crippen molar-refractivity contribution in [2.24, 2.45) is 0 Å². The van der Waals surface area contributed by atoms with Gasteiger partial charge in [0.2, 0.25) is 0 Å². The molecule has 33 heavy (non-hydrogen) atoms. The van der Waals surface area contributed by atoms with Gasteiger partial charge in [0.15, 0.2) is 11.5 Å². The number of hydrogen-bond donors (Lipinski definition) is 0. The number of hydrogen-bond acceptors (Lipinski definition) is 8. The molecule has 0 spiro atoms. The van der Waals surface area contributed by atoms with Crippen LogP contribution >= 0.6 is 23.6 Å². The van der Waals surface area contributed by atoms with Crippen molar-refractivity contribution in [3.05, 3.63) is 47.3 Å². The Kier molecular flexibility index (Phi) is 8.24. The highest BCUT2D eigenvalue weighted by atomic mass is 32.1. The maximum absolute atomic E-state index is 12.4. The first-order chi connectivity index (χ1) is 15.9. The highest BCUT2D eigenvalue weighted by Crippen LogP contribution is 2.36. The maximum Gasteiger partial charge on any atom is 0.341 e. The summed E-state index contributed by atoms with van der Waals surface area (Å²) in [4.78, 5) is 18.8. The lowest BCUT2D eigenvalue weighted by Crippen LogP contribution is -2.25. The molecule has 9 heteroatoms. The minimum atomic E-state index is -0.517. The van der Waals surface area contributed by atoms with E-state index in [1.807, 2.05) is 43.5 Å². The van der Waals surface area contributed by atoms with E-state index in [1.165, 1.54) is 18.4 Å². The Morgan fingerprint density at radius 1 is 1.00 bits per heavy atom. The Balaban J connectivity index is 1.94. The molecule has 0 amide bonds. The maximum atomic E-state index is 12.4. The molecule has 0 bridgehead atoms. The number of esters is 1. The zero-order valence-corrected chi connectivity index (χ0v) is 20.8. The summed E-state index contributed by atoms with van der Waals surface area (Å²) in [5.74, 6) is 1.19. The van der Waals surface area contributed by atoms with Crippen LogP contribution in [0.2, 0.25) is 0 Å². The third kappa shape index (κ3) is 5.80. The van der Waals surface area contributed by atoms with Gasteiger partial charge in [-0.2, -0.15) is 0 Å². The first-order valence-electron chi connectivity index (χ1n) is 10.3. The van der Waals surface area contributed by atoms with E-state index in [1.54, 1.807) is 31.1 Å². The minimum absolute atomic E-state index is 0.240. The van der Waals surface area contributed by atoms with Gasteiger partial charge in [-0.15, -0.1) is 11.3 Å². The van der Waals surface area contributed by atoms with E-state index in [-0.39, 0.29) is 10.7 Å². The van der Waals surface area contributed by atoms with Crippen molar-refractivity contribution in [3.63, 3.8) is 0 Å². The van der Waals surface area contributed by atoms with Crippen molar-refractivity contribution in [1.29, 1.82) is 0 Å². The van der Waals surface area contributed by atoms with Gasteiger partial charge in [0.1, 0.15) is 16.3 Å². The second kappa shape index (κ2) is 11.1. The minimum Gasteiger partial charge on any atom is -0.490 e. The average molecular weight is 487 g/mol. The van der Waals surface area contributed by atoms with Gasteiger partial charge in [0.25, 0.3) is 5.17 Å².